The van der Waals surface area contributed by atoms with Crippen molar-refractivity contribution in [1.82, 2.24) is 9.62 Å². The van der Waals surface area contributed by atoms with Gasteiger partial charge in [0.25, 0.3) is 10.2 Å². The van der Waals surface area contributed by atoms with E-state index in [4.69, 9.17) is 5.14 Å². The molecule has 3 N–H and O–H groups in total. The summed E-state index contributed by atoms with van der Waals surface area (Å²) in [6.45, 7) is 7.15. The molecule has 0 radical (unpaired) electrons. The van der Waals surface area contributed by atoms with E-state index in [0.29, 0.717) is 13.1 Å². The number of likely N-dealkylation sites (N-methyl/N-ethyl adjacent to an activating group) is 1. The zero-order valence-corrected chi connectivity index (χ0v) is 9.10. The molecule has 6 heteroatoms. The van der Waals surface area contributed by atoms with Gasteiger partial charge in [0.15, 0.2) is 0 Å². The standard InChI is InChI=1S/C7H19N3O2S/c1-3-6-10(4-2)7-5-9-13(8,11)12/h9H,3-7H2,1-2H3,(H2,8,11,12). The van der Waals surface area contributed by atoms with Crippen LogP contribution in [0.25, 0.3) is 0 Å². The molecule has 0 aromatic carbocycles. The van der Waals surface area contributed by atoms with E-state index in [2.05, 4.69) is 16.5 Å². The smallest absolute Gasteiger partial charge is 0.274 e. The van der Waals surface area contributed by atoms with Gasteiger partial charge in [-0.3, -0.25) is 0 Å². The summed E-state index contributed by atoms with van der Waals surface area (Å²) >= 11 is 0. The van der Waals surface area contributed by atoms with Crippen LogP contribution in [0.4, 0.5) is 0 Å². The van der Waals surface area contributed by atoms with Crippen molar-refractivity contribution in [3.63, 3.8) is 0 Å². The third-order valence-corrected chi connectivity index (χ3v) is 2.32. The van der Waals surface area contributed by atoms with E-state index in [1.54, 1.807) is 0 Å². The molecule has 0 spiro atoms. The summed E-state index contributed by atoms with van der Waals surface area (Å²) in [7, 11) is -3.52. The number of hydrogen-bond donors (Lipinski definition) is 2. The van der Waals surface area contributed by atoms with Crippen LogP contribution in [0.5, 0.6) is 0 Å². The third kappa shape index (κ3) is 8.17. The van der Waals surface area contributed by atoms with E-state index < -0.39 is 10.2 Å². The number of hydrogen-bond acceptors (Lipinski definition) is 3. The number of nitrogens with zero attached hydrogens (tertiary/aromatic N) is 1. The van der Waals surface area contributed by atoms with E-state index in [0.717, 1.165) is 19.5 Å². The van der Waals surface area contributed by atoms with Gasteiger partial charge >= 0.3 is 0 Å². The predicted molar refractivity (Wildman–Crippen MR) is 53.5 cm³/mol. The Morgan fingerprint density at radius 3 is 2.31 bits per heavy atom. The maximum Gasteiger partial charge on any atom is 0.274 e. The second-order valence-corrected chi connectivity index (χ2v) is 4.25. The van der Waals surface area contributed by atoms with Crippen LogP contribution in [-0.4, -0.2) is 39.5 Å². The van der Waals surface area contributed by atoms with Gasteiger partial charge < -0.3 is 4.90 Å². The van der Waals surface area contributed by atoms with Gasteiger partial charge in [-0.2, -0.15) is 8.42 Å². The lowest BCUT2D eigenvalue weighted by Gasteiger charge is -2.18. The quantitative estimate of drug-likeness (QED) is 0.594. The van der Waals surface area contributed by atoms with E-state index >= 15 is 0 Å². The molecule has 0 aromatic heterocycles. The molecule has 0 bridgehead atoms. The Bertz CT molecular complexity index is 216. The Balaban J connectivity index is 3.61. The summed E-state index contributed by atoms with van der Waals surface area (Å²) in [5, 5.41) is 4.78. The fraction of sp³-hybridized carbons (Fsp3) is 1.00. The van der Waals surface area contributed by atoms with Crippen LogP contribution in [-0.2, 0) is 10.2 Å². The molecule has 0 amide bonds. The summed E-state index contributed by atoms with van der Waals surface area (Å²) in [6, 6.07) is 0. The molecule has 0 atom stereocenters. The highest BCUT2D eigenvalue weighted by molar-refractivity contribution is 7.87. The minimum atomic E-state index is -3.52. The van der Waals surface area contributed by atoms with Crippen LogP contribution in [0.15, 0.2) is 0 Å². The lowest BCUT2D eigenvalue weighted by atomic mass is 10.4. The monoisotopic (exact) mass is 209 g/mol. The second kappa shape index (κ2) is 6.31. The lowest BCUT2D eigenvalue weighted by molar-refractivity contribution is 0.293. The highest BCUT2D eigenvalue weighted by Gasteiger charge is 2.03. The van der Waals surface area contributed by atoms with Crippen molar-refractivity contribution in [1.29, 1.82) is 0 Å². The summed E-state index contributed by atoms with van der Waals surface area (Å²) in [4.78, 5) is 2.16. The maximum absolute atomic E-state index is 10.5. The molecule has 0 aliphatic carbocycles. The van der Waals surface area contributed by atoms with Gasteiger partial charge in [0.2, 0.25) is 0 Å². The van der Waals surface area contributed by atoms with Crippen molar-refractivity contribution in [2.75, 3.05) is 26.2 Å². The Morgan fingerprint density at radius 1 is 1.31 bits per heavy atom. The Hall–Kier alpha value is -0.170. The maximum atomic E-state index is 10.5. The van der Waals surface area contributed by atoms with Crippen molar-refractivity contribution < 1.29 is 8.42 Å². The van der Waals surface area contributed by atoms with E-state index in [-0.39, 0.29) is 0 Å². The molecular weight excluding hydrogens is 190 g/mol. The third-order valence-electron chi connectivity index (χ3n) is 1.72. The van der Waals surface area contributed by atoms with Gasteiger partial charge in [0.1, 0.15) is 0 Å². The zero-order chi connectivity index (χ0) is 10.3. The van der Waals surface area contributed by atoms with Crippen LogP contribution in [0.1, 0.15) is 20.3 Å². The molecule has 0 saturated carbocycles. The highest BCUT2D eigenvalue weighted by Crippen LogP contribution is 1.88. The minimum absolute atomic E-state index is 0.382. The van der Waals surface area contributed by atoms with Crippen LogP contribution in [0, 0.1) is 0 Å². The Kier molecular flexibility index (Phi) is 6.23. The first-order chi connectivity index (χ1) is 5.99. The molecule has 0 fully saturated rings. The van der Waals surface area contributed by atoms with Gasteiger partial charge in [-0.1, -0.05) is 13.8 Å². The van der Waals surface area contributed by atoms with Crippen molar-refractivity contribution >= 4 is 10.2 Å². The van der Waals surface area contributed by atoms with Crippen LogP contribution >= 0.6 is 0 Å². The van der Waals surface area contributed by atoms with Crippen LogP contribution < -0.4 is 9.86 Å². The lowest BCUT2D eigenvalue weighted by Crippen LogP contribution is -2.38. The first-order valence-electron chi connectivity index (χ1n) is 4.49. The average Bonchev–Trinajstić information content (AvgIpc) is 2.01. The second-order valence-electron chi connectivity index (χ2n) is 2.87. The summed E-state index contributed by atoms with van der Waals surface area (Å²) < 4.78 is 23.3. The summed E-state index contributed by atoms with van der Waals surface area (Å²) in [5.41, 5.74) is 0. The fourth-order valence-corrected chi connectivity index (χ4v) is 1.47. The first-order valence-corrected chi connectivity index (χ1v) is 6.04. The molecule has 80 valence electrons. The molecular formula is C7H19N3O2S. The van der Waals surface area contributed by atoms with Crippen molar-refractivity contribution in [3.05, 3.63) is 0 Å². The molecule has 0 aliphatic heterocycles. The van der Waals surface area contributed by atoms with E-state index in [9.17, 15) is 8.42 Å². The van der Waals surface area contributed by atoms with Gasteiger partial charge in [0.05, 0.1) is 0 Å². The number of nitrogens with one attached hydrogen (secondary N) is 1. The van der Waals surface area contributed by atoms with Gasteiger partial charge in [-0.05, 0) is 19.5 Å². The van der Waals surface area contributed by atoms with E-state index in [1.165, 1.54) is 0 Å². The first kappa shape index (κ1) is 12.8. The van der Waals surface area contributed by atoms with Gasteiger partial charge in [-0.15, -0.1) is 0 Å². The summed E-state index contributed by atoms with van der Waals surface area (Å²) in [6.07, 6.45) is 1.07. The van der Waals surface area contributed by atoms with Gasteiger partial charge in [-0.25, -0.2) is 9.86 Å². The topological polar surface area (TPSA) is 75.4 Å². The minimum Gasteiger partial charge on any atom is -0.302 e. The molecule has 0 rings (SSSR count). The molecule has 0 heterocycles. The average molecular weight is 209 g/mol. The largest absolute Gasteiger partial charge is 0.302 e. The molecule has 13 heavy (non-hydrogen) atoms. The summed E-state index contributed by atoms with van der Waals surface area (Å²) in [5.74, 6) is 0. The number of rotatable bonds is 7. The van der Waals surface area contributed by atoms with Crippen molar-refractivity contribution in [3.8, 4) is 0 Å². The Labute approximate surface area is 80.5 Å². The molecule has 0 aliphatic rings. The normalized spacial score (nSPS) is 12.3. The Morgan fingerprint density at radius 2 is 1.92 bits per heavy atom. The van der Waals surface area contributed by atoms with Crippen LogP contribution in [0.3, 0.4) is 0 Å². The zero-order valence-electron chi connectivity index (χ0n) is 8.28. The molecule has 5 nitrogen and oxygen atoms in total. The van der Waals surface area contributed by atoms with Crippen molar-refractivity contribution in [2.45, 2.75) is 20.3 Å². The highest BCUT2D eigenvalue weighted by atomic mass is 32.2. The fourth-order valence-electron chi connectivity index (χ4n) is 1.09. The van der Waals surface area contributed by atoms with Crippen LogP contribution in [0.2, 0.25) is 0 Å². The predicted octanol–water partition coefficient (Wildman–Crippen LogP) is -0.489. The molecule has 0 saturated heterocycles. The van der Waals surface area contributed by atoms with Gasteiger partial charge in [0, 0.05) is 13.1 Å². The molecule has 0 aromatic rings. The van der Waals surface area contributed by atoms with Crippen molar-refractivity contribution in [2.24, 2.45) is 5.14 Å². The molecule has 0 unspecified atom stereocenters. The number of nitrogens with two attached hydrogens (primary N) is 1. The van der Waals surface area contributed by atoms with E-state index in [1.807, 2.05) is 6.92 Å². The SMILES string of the molecule is CCCN(CC)CCNS(N)(=O)=O.